The maximum absolute atomic E-state index is 10.9. The zero-order valence-corrected chi connectivity index (χ0v) is 10.1. The third-order valence-electron chi connectivity index (χ3n) is 5.09. The summed E-state index contributed by atoms with van der Waals surface area (Å²) < 4.78 is 0. The summed E-state index contributed by atoms with van der Waals surface area (Å²) in [6.45, 7) is 0. The first-order chi connectivity index (χ1) is 8.47. The molecule has 0 radical (unpaired) electrons. The summed E-state index contributed by atoms with van der Waals surface area (Å²) in [5.74, 6) is 0.534. The van der Waals surface area contributed by atoms with E-state index in [0.717, 1.165) is 19.3 Å². The van der Waals surface area contributed by atoms with Crippen LogP contribution in [-0.4, -0.2) is 21.8 Å². The van der Waals surface area contributed by atoms with E-state index in [0.29, 0.717) is 30.6 Å². The SMILES string of the molecule is O=C(O)CC1C2CC3CC1CC(O[N+](=O)[O-])(C3)C2. The van der Waals surface area contributed by atoms with Gasteiger partial charge in [-0.15, -0.1) is 10.1 Å². The summed E-state index contributed by atoms with van der Waals surface area (Å²) >= 11 is 0. The van der Waals surface area contributed by atoms with Crippen LogP contribution in [0.2, 0.25) is 0 Å². The predicted molar refractivity (Wildman–Crippen MR) is 60.1 cm³/mol. The van der Waals surface area contributed by atoms with Crippen LogP contribution in [0.25, 0.3) is 0 Å². The number of carboxylic acids is 1. The highest BCUT2D eigenvalue weighted by atomic mass is 17.0. The van der Waals surface area contributed by atoms with Gasteiger partial charge in [0.05, 0.1) is 0 Å². The van der Waals surface area contributed by atoms with Gasteiger partial charge in [-0.1, -0.05) is 0 Å². The molecule has 2 unspecified atom stereocenters. The van der Waals surface area contributed by atoms with Crippen LogP contribution in [0.4, 0.5) is 0 Å². The molecule has 0 aromatic heterocycles. The molecule has 6 nitrogen and oxygen atoms in total. The number of aliphatic carboxylic acids is 1. The lowest BCUT2D eigenvalue weighted by Crippen LogP contribution is -2.56. The smallest absolute Gasteiger partial charge is 0.303 e. The highest BCUT2D eigenvalue weighted by molar-refractivity contribution is 5.67. The van der Waals surface area contributed by atoms with Crippen LogP contribution in [0.1, 0.15) is 38.5 Å². The van der Waals surface area contributed by atoms with Gasteiger partial charge in [-0.3, -0.25) is 4.79 Å². The number of hydrogen-bond acceptors (Lipinski definition) is 4. The van der Waals surface area contributed by atoms with Gasteiger partial charge in [-0.05, 0) is 55.8 Å². The van der Waals surface area contributed by atoms with Crippen molar-refractivity contribution in [2.24, 2.45) is 23.7 Å². The molecule has 6 heteroatoms. The van der Waals surface area contributed by atoms with E-state index in [9.17, 15) is 14.9 Å². The van der Waals surface area contributed by atoms with Crippen molar-refractivity contribution >= 4 is 5.97 Å². The Morgan fingerprint density at radius 3 is 2.44 bits per heavy atom. The van der Waals surface area contributed by atoms with Gasteiger partial charge in [0, 0.05) is 6.42 Å². The highest BCUT2D eigenvalue weighted by Gasteiger charge is 2.57. The molecule has 4 rings (SSSR count). The molecule has 0 saturated heterocycles. The number of rotatable bonds is 4. The molecule has 4 bridgehead atoms. The Morgan fingerprint density at radius 1 is 1.33 bits per heavy atom. The molecule has 4 fully saturated rings. The molecule has 100 valence electrons. The third-order valence-corrected chi connectivity index (χ3v) is 5.09. The van der Waals surface area contributed by atoms with Crippen molar-refractivity contribution in [3.8, 4) is 0 Å². The Balaban J connectivity index is 1.79. The van der Waals surface area contributed by atoms with E-state index in [-0.39, 0.29) is 12.3 Å². The van der Waals surface area contributed by atoms with Crippen LogP contribution in [0.5, 0.6) is 0 Å². The fourth-order valence-corrected chi connectivity index (χ4v) is 4.86. The first-order valence-corrected chi connectivity index (χ1v) is 6.53. The minimum absolute atomic E-state index is 0.197. The van der Waals surface area contributed by atoms with Gasteiger partial charge in [-0.25, -0.2) is 0 Å². The van der Waals surface area contributed by atoms with Crippen LogP contribution in [-0.2, 0) is 9.63 Å². The molecule has 18 heavy (non-hydrogen) atoms. The highest BCUT2D eigenvalue weighted by Crippen LogP contribution is 2.60. The third kappa shape index (κ3) is 1.83. The van der Waals surface area contributed by atoms with E-state index >= 15 is 0 Å². The second-order valence-corrected chi connectivity index (χ2v) is 6.23. The fraction of sp³-hybridized carbons (Fsp3) is 0.917. The molecule has 0 amide bonds. The summed E-state index contributed by atoms with van der Waals surface area (Å²) in [5.41, 5.74) is -0.602. The van der Waals surface area contributed by atoms with Gasteiger partial charge in [0.1, 0.15) is 5.60 Å². The fourth-order valence-electron chi connectivity index (χ4n) is 4.86. The molecule has 4 aliphatic carbocycles. The quantitative estimate of drug-likeness (QED) is 0.611. The van der Waals surface area contributed by atoms with Crippen LogP contribution in [0, 0.1) is 33.8 Å². The number of carbonyl (C=O) groups is 1. The van der Waals surface area contributed by atoms with E-state index < -0.39 is 16.7 Å². The summed E-state index contributed by atoms with van der Waals surface area (Å²) in [6, 6.07) is 0. The topological polar surface area (TPSA) is 89.7 Å². The Labute approximate surface area is 104 Å². The van der Waals surface area contributed by atoms with Gasteiger partial charge in [0.2, 0.25) is 0 Å². The summed E-state index contributed by atoms with van der Waals surface area (Å²) in [6.07, 6.45) is 4.36. The largest absolute Gasteiger partial charge is 0.481 e. The van der Waals surface area contributed by atoms with Crippen LogP contribution in [0.3, 0.4) is 0 Å². The first kappa shape index (κ1) is 11.7. The molecule has 2 atom stereocenters. The van der Waals surface area contributed by atoms with Crippen LogP contribution >= 0.6 is 0 Å². The molecule has 4 aliphatic rings. The Bertz CT molecular complexity index is 380. The molecule has 0 spiro atoms. The van der Waals surface area contributed by atoms with Crippen LogP contribution in [0.15, 0.2) is 0 Å². The van der Waals surface area contributed by atoms with Crippen molar-refractivity contribution in [1.82, 2.24) is 0 Å². The number of hydrogen-bond donors (Lipinski definition) is 1. The molecule has 0 aliphatic heterocycles. The van der Waals surface area contributed by atoms with Crippen molar-refractivity contribution < 1.29 is 19.8 Å². The number of nitrogens with zero attached hydrogens (tertiary/aromatic N) is 1. The molecule has 0 aromatic rings. The molecular formula is C12H17NO5. The number of carboxylic acid groups (broad SMARTS) is 1. The van der Waals surface area contributed by atoms with E-state index in [1.54, 1.807) is 0 Å². The second-order valence-electron chi connectivity index (χ2n) is 6.23. The van der Waals surface area contributed by atoms with Gasteiger partial charge in [0.25, 0.3) is 5.09 Å². The van der Waals surface area contributed by atoms with Crippen molar-refractivity contribution in [3.63, 3.8) is 0 Å². The summed E-state index contributed by atoms with van der Waals surface area (Å²) in [7, 11) is 0. The molecule has 0 heterocycles. The minimum atomic E-state index is -0.753. The second kappa shape index (κ2) is 3.83. The van der Waals surface area contributed by atoms with Gasteiger partial charge < -0.3 is 9.94 Å². The lowest BCUT2D eigenvalue weighted by atomic mass is 9.49. The zero-order valence-electron chi connectivity index (χ0n) is 10.1. The maximum Gasteiger partial charge on any atom is 0.303 e. The predicted octanol–water partition coefficient (Wildman–Crippen LogP) is 1.86. The average Bonchev–Trinajstić information content (AvgIpc) is 2.20. The normalized spacial score (nSPS) is 44.9. The molecule has 1 N–H and O–H groups in total. The van der Waals surface area contributed by atoms with Gasteiger partial charge in [0.15, 0.2) is 0 Å². The minimum Gasteiger partial charge on any atom is -0.481 e. The zero-order chi connectivity index (χ0) is 12.9. The molecule has 4 saturated carbocycles. The molecular weight excluding hydrogens is 238 g/mol. The van der Waals surface area contributed by atoms with E-state index in [1.807, 2.05) is 0 Å². The summed E-state index contributed by atoms with van der Waals surface area (Å²) in [4.78, 5) is 26.5. The summed E-state index contributed by atoms with van der Waals surface area (Å²) in [5, 5.41) is 18.9. The standard InChI is InChI=1S/C12H17NO5/c14-11(15)3-10-8-1-7-2-9(10)6-12(4-7,5-8)18-13(16)17/h7-10H,1-6H2,(H,14,15). The molecule has 0 aromatic carbocycles. The average molecular weight is 255 g/mol. The lowest BCUT2D eigenvalue weighted by Gasteiger charge is -2.58. The van der Waals surface area contributed by atoms with Crippen molar-refractivity contribution in [1.29, 1.82) is 0 Å². The van der Waals surface area contributed by atoms with Crippen molar-refractivity contribution in [2.75, 3.05) is 0 Å². The van der Waals surface area contributed by atoms with Crippen LogP contribution < -0.4 is 0 Å². The first-order valence-electron chi connectivity index (χ1n) is 6.53. The van der Waals surface area contributed by atoms with Crippen molar-refractivity contribution in [3.05, 3.63) is 10.1 Å². The Kier molecular flexibility index (Phi) is 2.50. The van der Waals surface area contributed by atoms with E-state index in [1.165, 1.54) is 0 Å². The van der Waals surface area contributed by atoms with E-state index in [2.05, 4.69) is 0 Å². The Morgan fingerprint density at radius 2 is 1.94 bits per heavy atom. The van der Waals surface area contributed by atoms with Gasteiger partial charge >= 0.3 is 5.97 Å². The van der Waals surface area contributed by atoms with E-state index in [4.69, 9.17) is 9.94 Å². The van der Waals surface area contributed by atoms with Crippen molar-refractivity contribution in [2.45, 2.75) is 44.1 Å². The lowest BCUT2D eigenvalue weighted by molar-refractivity contribution is -0.785. The monoisotopic (exact) mass is 255 g/mol. The maximum atomic E-state index is 10.9. The van der Waals surface area contributed by atoms with Gasteiger partial charge in [-0.2, -0.15) is 0 Å². The Hall–Kier alpha value is -1.33.